The molecule has 0 radical (unpaired) electrons. The van der Waals surface area contributed by atoms with Crippen molar-refractivity contribution in [2.75, 3.05) is 0 Å². The summed E-state index contributed by atoms with van der Waals surface area (Å²) in [5, 5.41) is 19.3. The van der Waals surface area contributed by atoms with Crippen molar-refractivity contribution in [1.82, 2.24) is 0 Å². The van der Waals surface area contributed by atoms with Crippen LogP contribution in [0.25, 0.3) is 10.8 Å². The number of hydrogen-bond acceptors (Lipinski definition) is 3. The summed E-state index contributed by atoms with van der Waals surface area (Å²) < 4.78 is 5.78. The van der Waals surface area contributed by atoms with Crippen LogP contribution in [0.5, 0.6) is 11.5 Å². The molecule has 2 N–H and O–H groups in total. The molecule has 0 aliphatic carbocycles. The number of benzene rings is 3. The summed E-state index contributed by atoms with van der Waals surface area (Å²) in [7, 11) is 0. The zero-order chi connectivity index (χ0) is 16.4. The Balaban J connectivity index is 2.25. The van der Waals surface area contributed by atoms with Crippen LogP contribution in [-0.4, -0.2) is 22.2 Å². The van der Waals surface area contributed by atoms with Crippen LogP contribution in [0.3, 0.4) is 0 Å². The van der Waals surface area contributed by atoms with E-state index in [9.17, 15) is 19.8 Å². The minimum Gasteiger partial charge on any atom is -0.478 e. The fourth-order valence-corrected chi connectivity index (χ4v) is 2.44. The Kier molecular flexibility index (Phi) is 3.68. The van der Waals surface area contributed by atoms with Gasteiger partial charge in [-0.3, -0.25) is 0 Å². The summed E-state index contributed by atoms with van der Waals surface area (Å²) in [6, 6.07) is 16.5. The smallest absolute Gasteiger partial charge is 0.336 e. The van der Waals surface area contributed by atoms with Gasteiger partial charge in [0, 0.05) is 10.8 Å². The van der Waals surface area contributed by atoms with E-state index in [0.717, 1.165) is 0 Å². The lowest BCUT2D eigenvalue weighted by Gasteiger charge is -2.12. The lowest BCUT2D eigenvalue weighted by molar-refractivity contribution is 0.0695. The van der Waals surface area contributed by atoms with Gasteiger partial charge in [-0.15, -0.1) is 0 Å². The number of para-hydroxylation sites is 1. The Morgan fingerprint density at radius 1 is 0.739 bits per heavy atom. The number of aromatic carboxylic acids is 2. The first kappa shape index (κ1) is 14.6. The van der Waals surface area contributed by atoms with Crippen LogP contribution in [0.1, 0.15) is 20.7 Å². The van der Waals surface area contributed by atoms with Gasteiger partial charge in [-0.1, -0.05) is 30.3 Å². The number of carboxylic acid groups (broad SMARTS) is 2. The normalized spacial score (nSPS) is 10.4. The monoisotopic (exact) mass is 308 g/mol. The Morgan fingerprint density at radius 2 is 1.39 bits per heavy atom. The van der Waals surface area contributed by atoms with Crippen molar-refractivity contribution < 1.29 is 24.5 Å². The van der Waals surface area contributed by atoms with Gasteiger partial charge in [0.25, 0.3) is 0 Å². The Bertz CT molecular complexity index is 880. The van der Waals surface area contributed by atoms with Gasteiger partial charge in [0.15, 0.2) is 0 Å². The minimum atomic E-state index is -1.19. The zero-order valence-corrected chi connectivity index (χ0v) is 11.9. The molecule has 0 spiro atoms. The minimum absolute atomic E-state index is 0.0709. The molecule has 0 aromatic heterocycles. The molecular weight excluding hydrogens is 296 g/mol. The van der Waals surface area contributed by atoms with Crippen LogP contribution in [0.2, 0.25) is 0 Å². The first-order valence-electron chi connectivity index (χ1n) is 6.83. The molecule has 0 aliphatic rings. The maximum absolute atomic E-state index is 11.4. The van der Waals surface area contributed by atoms with Gasteiger partial charge in [0.2, 0.25) is 0 Å². The molecule has 3 aromatic rings. The Hall–Kier alpha value is -3.34. The summed E-state index contributed by atoms with van der Waals surface area (Å²) in [6.07, 6.45) is 0. The standard InChI is InChI=1S/C18H12O5/c19-17(20)13-8-4-7-12-15(23-11-5-2-1-3-6-11)10-9-14(16(12)13)18(21)22/h1-10H,(H,19,20)(H,21,22). The molecule has 0 unspecified atom stereocenters. The first-order chi connectivity index (χ1) is 11.1. The average molecular weight is 308 g/mol. The number of carbonyl (C=O) groups is 2. The number of fused-ring (bicyclic) bond motifs is 1. The topological polar surface area (TPSA) is 83.8 Å². The van der Waals surface area contributed by atoms with Crippen molar-refractivity contribution in [2.24, 2.45) is 0 Å². The van der Waals surface area contributed by atoms with Gasteiger partial charge in [-0.25, -0.2) is 9.59 Å². The number of ether oxygens (including phenoxy) is 1. The van der Waals surface area contributed by atoms with Crippen LogP contribution in [0.4, 0.5) is 0 Å². The maximum atomic E-state index is 11.4. The lowest BCUT2D eigenvalue weighted by atomic mass is 9.98. The highest BCUT2D eigenvalue weighted by molar-refractivity contribution is 6.14. The molecule has 5 nitrogen and oxygen atoms in total. The third-order valence-corrected chi connectivity index (χ3v) is 3.43. The molecule has 23 heavy (non-hydrogen) atoms. The van der Waals surface area contributed by atoms with E-state index in [1.807, 2.05) is 18.2 Å². The summed E-state index contributed by atoms with van der Waals surface area (Å²) >= 11 is 0. The van der Waals surface area contributed by atoms with Gasteiger partial charge >= 0.3 is 11.9 Å². The zero-order valence-electron chi connectivity index (χ0n) is 11.9. The summed E-state index contributed by atoms with van der Waals surface area (Å²) in [6.45, 7) is 0. The second-order valence-electron chi connectivity index (χ2n) is 4.86. The van der Waals surface area contributed by atoms with E-state index in [1.165, 1.54) is 18.2 Å². The molecule has 5 heteroatoms. The molecule has 114 valence electrons. The molecule has 0 fully saturated rings. The number of carboxylic acids is 2. The molecule has 0 atom stereocenters. The first-order valence-corrected chi connectivity index (χ1v) is 6.83. The lowest BCUT2D eigenvalue weighted by Crippen LogP contribution is -2.04. The van der Waals surface area contributed by atoms with E-state index in [2.05, 4.69) is 0 Å². The predicted octanol–water partition coefficient (Wildman–Crippen LogP) is 4.03. The van der Waals surface area contributed by atoms with Crippen molar-refractivity contribution in [3.8, 4) is 11.5 Å². The molecule has 3 aromatic carbocycles. The molecular formula is C18H12O5. The van der Waals surface area contributed by atoms with Gasteiger partial charge in [-0.05, 0) is 30.3 Å². The van der Waals surface area contributed by atoms with Gasteiger partial charge in [0.1, 0.15) is 11.5 Å². The molecule has 0 heterocycles. The second kappa shape index (κ2) is 5.81. The van der Waals surface area contributed by atoms with Crippen LogP contribution in [-0.2, 0) is 0 Å². The fraction of sp³-hybridized carbons (Fsp3) is 0. The average Bonchev–Trinajstić information content (AvgIpc) is 2.55. The second-order valence-corrected chi connectivity index (χ2v) is 4.86. The summed E-state index contributed by atoms with van der Waals surface area (Å²) in [4.78, 5) is 22.9. The van der Waals surface area contributed by atoms with Crippen LogP contribution in [0, 0.1) is 0 Å². The third-order valence-electron chi connectivity index (χ3n) is 3.43. The van der Waals surface area contributed by atoms with Crippen LogP contribution >= 0.6 is 0 Å². The molecule has 3 rings (SSSR count). The van der Waals surface area contributed by atoms with E-state index in [0.29, 0.717) is 16.9 Å². The van der Waals surface area contributed by atoms with E-state index < -0.39 is 11.9 Å². The highest BCUT2D eigenvalue weighted by Crippen LogP contribution is 2.34. The molecule has 0 amide bonds. The van der Waals surface area contributed by atoms with Crippen molar-refractivity contribution in [1.29, 1.82) is 0 Å². The third kappa shape index (κ3) is 2.72. The van der Waals surface area contributed by atoms with E-state index >= 15 is 0 Å². The molecule has 0 aliphatic heterocycles. The number of hydrogen-bond donors (Lipinski definition) is 2. The fourth-order valence-electron chi connectivity index (χ4n) is 2.44. The highest BCUT2D eigenvalue weighted by Gasteiger charge is 2.18. The summed E-state index contributed by atoms with van der Waals surface area (Å²) in [5.41, 5.74) is -0.142. The van der Waals surface area contributed by atoms with Crippen molar-refractivity contribution >= 4 is 22.7 Å². The predicted molar refractivity (Wildman–Crippen MR) is 84.4 cm³/mol. The molecule has 0 saturated heterocycles. The Labute approximate surface area is 131 Å². The highest BCUT2D eigenvalue weighted by atomic mass is 16.5. The van der Waals surface area contributed by atoms with Gasteiger partial charge in [0.05, 0.1) is 11.1 Å². The van der Waals surface area contributed by atoms with Gasteiger partial charge in [-0.2, -0.15) is 0 Å². The largest absolute Gasteiger partial charge is 0.478 e. The van der Waals surface area contributed by atoms with Crippen molar-refractivity contribution in [3.05, 3.63) is 71.8 Å². The number of rotatable bonds is 4. The molecule has 0 saturated carbocycles. The van der Waals surface area contributed by atoms with E-state index in [4.69, 9.17) is 4.74 Å². The van der Waals surface area contributed by atoms with Gasteiger partial charge < -0.3 is 14.9 Å². The van der Waals surface area contributed by atoms with Crippen molar-refractivity contribution in [2.45, 2.75) is 0 Å². The van der Waals surface area contributed by atoms with Crippen LogP contribution < -0.4 is 4.74 Å². The Morgan fingerprint density at radius 3 is 2.04 bits per heavy atom. The van der Waals surface area contributed by atoms with E-state index in [1.54, 1.807) is 24.3 Å². The van der Waals surface area contributed by atoms with Crippen molar-refractivity contribution in [3.63, 3.8) is 0 Å². The SMILES string of the molecule is O=C(O)c1cccc2c(Oc3ccccc3)ccc(C(=O)O)c12. The van der Waals surface area contributed by atoms with Crippen LogP contribution in [0.15, 0.2) is 60.7 Å². The maximum Gasteiger partial charge on any atom is 0.336 e. The summed E-state index contributed by atoms with van der Waals surface area (Å²) in [5.74, 6) is -1.39. The molecule has 0 bridgehead atoms. The quantitative estimate of drug-likeness (QED) is 0.760. The van der Waals surface area contributed by atoms with E-state index in [-0.39, 0.29) is 16.5 Å².